The van der Waals surface area contributed by atoms with Gasteiger partial charge in [-0.05, 0) is 18.6 Å². The number of benzene rings is 1. The number of hydrogen-bond acceptors (Lipinski definition) is 2. The monoisotopic (exact) mass is 330 g/mol. The van der Waals surface area contributed by atoms with Crippen LogP contribution in [-0.2, 0) is 0 Å². The Bertz CT molecular complexity index is 486. The number of hydrogen-bond donors (Lipinski definition) is 1. The van der Waals surface area contributed by atoms with Gasteiger partial charge in [0.1, 0.15) is 17.7 Å². The van der Waals surface area contributed by atoms with Crippen LogP contribution in [0.2, 0.25) is 0 Å². The molecule has 1 aromatic rings. The first-order chi connectivity index (χ1) is 9.32. The maximum Gasteiger partial charge on any atom is 0.408 e. The molecule has 1 aliphatic heterocycles. The number of nitrogens with zero attached hydrogens (tertiary/aromatic N) is 1. The van der Waals surface area contributed by atoms with Crippen LogP contribution in [0, 0.1) is 18.6 Å². The van der Waals surface area contributed by atoms with E-state index in [4.69, 9.17) is 0 Å². The van der Waals surface area contributed by atoms with Crippen molar-refractivity contribution in [1.29, 1.82) is 0 Å². The maximum atomic E-state index is 14.0. The minimum absolute atomic E-state index is 0. The number of nitrogens with one attached hydrogen (secondary N) is 1. The molecule has 120 valence electrons. The second kappa shape index (κ2) is 6.89. The zero-order valence-electron chi connectivity index (χ0n) is 11.3. The molecule has 0 radical (unpaired) electrons. The Hall–Kier alpha value is -0.920. The van der Waals surface area contributed by atoms with Crippen LogP contribution in [0.15, 0.2) is 12.1 Å². The van der Waals surface area contributed by atoms with E-state index in [0.29, 0.717) is 13.1 Å². The zero-order chi connectivity index (χ0) is 14.9. The van der Waals surface area contributed by atoms with Crippen LogP contribution in [0.1, 0.15) is 17.2 Å². The van der Waals surface area contributed by atoms with E-state index in [1.54, 1.807) is 0 Å². The fourth-order valence-corrected chi connectivity index (χ4v) is 2.42. The summed E-state index contributed by atoms with van der Waals surface area (Å²) in [5.74, 6) is -2.28. The first-order valence-corrected chi connectivity index (χ1v) is 6.28. The number of piperazine rings is 1. The fourth-order valence-electron chi connectivity index (χ4n) is 2.42. The molecule has 2 nitrogen and oxygen atoms in total. The summed E-state index contributed by atoms with van der Waals surface area (Å²) in [5, 5.41) is 2.92. The highest BCUT2D eigenvalue weighted by atomic mass is 35.5. The van der Waals surface area contributed by atoms with Gasteiger partial charge in [-0.3, -0.25) is 4.90 Å². The van der Waals surface area contributed by atoms with Crippen LogP contribution >= 0.6 is 12.4 Å². The van der Waals surface area contributed by atoms with Gasteiger partial charge in [-0.1, -0.05) is 6.07 Å². The van der Waals surface area contributed by atoms with Crippen molar-refractivity contribution in [2.75, 3.05) is 26.2 Å². The van der Waals surface area contributed by atoms with Gasteiger partial charge in [-0.25, -0.2) is 8.78 Å². The van der Waals surface area contributed by atoms with Gasteiger partial charge in [0.05, 0.1) is 5.56 Å². The molecule has 0 bridgehead atoms. The Balaban J connectivity index is 0.00000220. The highest BCUT2D eigenvalue weighted by Gasteiger charge is 2.47. The van der Waals surface area contributed by atoms with Crippen LogP contribution < -0.4 is 5.32 Å². The third-order valence-corrected chi connectivity index (χ3v) is 3.42. The van der Waals surface area contributed by atoms with E-state index < -0.39 is 29.4 Å². The van der Waals surface area contributed by atoms with Crippen molar-refractivity contribution in [3.63, 3.8) is 0 Å². The molecule has 1 atom stereocenters. The number of rotatable bonds is 2. The normalized spacial score (nSPS) is 18.2. The lowest BCUT2D eigenvalue weighted by atomic mass is 10.00. The van der Waals surface area contributed by atoms with E-state index >= 15 is 0 Å². The van der Waals surface area contributed by atoms with Gasteiger partial charge in [0.2, 0.25) is 0 Å². The van der Waals surface area contributed by atoms with Gasteiger partial charge in [-0.2, -0.15) is 13.2 Å². The summed E-state index contributed by atoms with van der Waals surface area (Å²) in [4.78, 5) is 1.07. The van der Waals surface area contributed by atoms with E-state index in [1.807, 2.05) is 0 Å². The number of aryl methyl sites for hydroxylation is 1. The van der Waals surface area contributed by atoms with Crippen molar-refractivity contribution in [1.82, 2.24) is 10.2 Å². The van der Waals surface area contributed by atoms with E-state index in [1.165, 1.54) is 6.92 Å². The molecule has 0 aromatic heterocycles. The predicted molar refractivity (Wildman–Crippen MR) is 71.6 cm³/mol. The molecule has 1 N–H and O–H groups in total. The molecule has 1 aliphatic rings. The molecule has 1 saturated heterocycles. The molecule has 1 fully saturated rings. The SMILES string of the molecule is Cc1ccc(F)c([C@@H](N2CCNCC2)C(F)(F)F)c1F.Cl. The quantitative estimate of drug-likeness (QED) is 0.838. The summed E-state index contributed by atoms with van der Waals surface area (Å²) in [6.07, 6.45) is -4.73. The van der Waals surface area contributed by atoms with Gasteiger partial charge < -0.3 is 5.32 Å². The third-order valence-electron chi connectivity index (χ3n) is 3.42. The second-order valence-electron chi connectivity index (χ2n) is 4.82. The lowest BCUT2D eigenvalue weighted by molar-refractivity contribution is -0.189. The third kappa shape index (κ3) is 3.84. The van der Waals surface area contributed by atoms with Gasteiger partial charge in [0.25, 0.3) is 0 Å². The molecule has 8 heteroatoms. The summed E-state index contributed by atoms with van der Waals surface area (Å²) in [7, 11) is 0. The Morgan fingerprint density at radius 1 is 1.14 bits per heavy atom. The molecule has 1 aromatic carbocycles. The molecule has 21 heavy (non-hydrogen) atoms. The average molecular weight is 331 g/mol. The smallest absolute Gasteiger partial charge is 0.314 e. The molecule has 1 heterocycles. The molecule has 2 rings (SSSR count). The Labute approximate surface area is 125 Å². The predicted octanol–water partition coefficient (Wildman–Crippen LogP) is 3.20. The first-order valence-electron chi connectivity index (χ1n) is 6.28. The summed E-state index contributed by atoms with van der Waals surface area (Å²) in [6, 6.07) is -0.224. The molecule has 0 spiro atoms. The van der Waals surface area contributed by atoms with E-state index in [-0.39, 0.29) is 31.1 Å². The van der Waals surface area contributed by atoms with Crippen molar-refractivity contribution in [3.05, 3.63) is 34.9 Å². The standard InChI is InChI=1S/C13H15F5N2.ClH/c1-8-2-3-9(14)10(11(8)15)12(13(16,17)18)20-6-4-19-5-7-20;/h2-3,12,19H,4-7H2,1H3;1H/t12-;/m1./s1. The van der Waals surface area contributed by atoms with Crippen molar-refractivity contribution in [2.24, 2.45) is 0 Å². The summed E-state index contributed by atoms with van der Waals surface area (Å²) in [6.45, 7) is 2.24. The minimum atomic E-state index is -4.73. The highest BCUT2D eigenvalue weighted by Crippen LogP contribution is 2.40. The number of halogens is 6. The van der Waals surface area contributed by atoms with E-state index in [2.05, 4.69) is 5.32 Å². The van der Waals surface area contributed by atoms with Crippen LogP contribution in [0.3, 0.4) is 0 Å². The van der Waals surface area contributed by atoms with Crippen LogP contribution in [0.5, 0.6) is 0 Å². The molecule has 0 aliphatic carbocycles. The summed E-state index contributed by atoms with van der Waals surface area (Å²) >= 11 is 0. The highest BCUT2D eigenvalue weighted by molar-refractivity contribution is 5.85. The molecule has 0 amide bonds. The van der Waals surface area contributed by atoms with Crippen LogP contribution in [0.25, 0.3) is 0 Å². The van der Waals surface area contributed by atoms with Gasteiger partial charge in [0.15, 0.2) is 0 Å². The minimum Gasteiger partial charge on any atom is -0.314 e. The van der Waals surface area contributed by atoms with E-state index in [0.717, 1.165) is 17.0 Å². The fraction of sp³-hybridized carbons (Fsp3) is 0.538. The maximum absolute atomic E-state index is 14.0. The average Bonchev–Trinajstić information content (AvgIpc) is 2.39. The largest absolute Gasteiger partial charge is 0.408 e. The Morgan fingerprint density at radius 3 is 2.24 bits per heavy atom. The van der Waals surface area contributed by atoms with E-state index in [9.17, 15) is 22.0 Å². The van der Waals surface area contributed by atoms with Crippen LogP contribution in [-0.4, -0.2) is 37.3 Å². The van der Waals surface area contributed by atoms with Crippen LogP contribution in [0.4, 0.5) is 22.0 Å². The molecule has 0 unspecified atom stereocenters. The molecular weight excluding hydrogens is 315 g/mol. The zero-order valence-corrected chi connectivity index (χ0v) is 12.1. The van der Waals surface area contributed by atoms with Crippen molar-refractivity contribution in [2.45, 2.75) is 19.1 Å². The molecular formula is C13H16ClF5N2. The summed E-state index contributed by atoms with van der Waals surface area (Å²) in [5.41, 5.74) is -0.898. The Kier molecular flexibility index (Phi) is 5.95. The Morgan fingerprint density at radius 2 is 1.71 bits per heavy atom. The topological polar surface area (TPSA) is 15.3 Å². The van der Waals surface area contributed by atoms with Gasteiger partial charge >= 0.3 is 6.18 Å². The lowest BCUT2D eigenvalue weighted by Gasteiger charge is -2.36. The van der Waals surface area contributed by atoms with Crippen molar-refractivity contribution >= 4 is 12.4 Å². The first kappa shape index (κ1) is 18.1. The van der Waals surface area contributed by atoms with Crippen molar-refractivity contribution in [3.8, 4) is 0 Å². The second-order valence-corrected chi connectivity index (χ2v) is 4.82. The lowest BCUT2D eigenvalue weighted by Crippen LogP contribution is -2.49. The van der Waals surface area contributed by atoms with Gasteiger partial charge in [-0.15, -0.1) is 12.4 Å². The summed E-state index contributed by atoms with van der Waals surface area (Å²) < 4.78 is 67.7. The van der Waals surface area contributed by atoms with Gasteiger partial charge in [0, 0.05) is 26.2 Å². The molecule has 0 saturated carbocycles. The number of alkyl halides is 3. The van der Waals surface area contributed by atoms with Crippen molar-refractivity contribution < 1.29 is 22.0 Å².